The van der Waals surface area contributed by atoms with Gasteiger partial charge >= 0.3 is 0 Å². The maximum absolute atomic E-state index is 11.5. The van der Waals surface area contributed by atoms with Crippen LogP contribution in [0.3, 0.4) is 0 Å². The van der Waals surface area contributed by atoms with Crippen molar-refractivity contribution in [3.8, 4) is 0 Å². The van der Waals surface area contributed by atoms with Gasteiger partial charge in [0, 0.05) is 20.3 Å². The number of methoxy groups -OCH3 is 1. The molecule has 0 saturated carbocycles. The van der Waals surface area contributed by atoms with E-state index in [9.17, 15) is 4.79 Å². The van der Waals surface area contributed by atoms with Crippen LogP contribution >= 0.6 is 0 Å². The zero-order valence-electron chi connectivity index (χ0n) is 9.58. The van der Waals surface area contributed by atoms with E-state index in [-0.39, 0.29) is 5.91 Å². The Morgan fingerprint density at radius 2 is 2.44 bits per heavy atom. The molecule has 1 aromatic heterocycles. The molecule has 0 radical (unpaired) electrons. The van der Waals surface area contributed by atoms with Crippen LogP contribution in [0.5, 0.6) is 0 Å². The highest BCUT2D eigenvalue weighted by molar-refractivity contribution is 5.91. The number of amides is 1. The Hall–Kier alpha value is -1.40. The maximum Gasteiger partial charge on any atom is 0.273 e. The molecule has 0 aliphatic heterocycles. The van der Waals surface area contributed by atoms with Gasteiger partial charge in [-0.2, -0.15) is 0 Å². The monoisotopic (exact) mass is 227 g/mol. The van der Waals surface area contributed by atoms with Crippen molar-refractivity contribution in [1.82, 2.24) is 15.6 Å². The third kappa shape index (κ3) is 4.00. The van der Waals surface area contributed by atoms with Crippen molar-refractivity contribution in [2.75, 3.05) is 27.3 Å². The number of hydrogen-bond donors (Lipinski definition) is 2. The van der Waals surface area contributed by atoms with Crippen LogP contribution in [0.4, 0.5) is 0 Å². The van der Waals surface area contributed by atoms with Crippen LogP contribution in [0.2, 0.25) is 0 Å². The Labute approximate surface area is 94.4 Å². The lowest BCUT2D eigenvalue weighted by atomic mass is 10.4. The molecule has 0 saturated heterocycles. The summed E-state index contributed by atoms with van der Waals surface area (Å²) in [6, 6.07) is 0. The molecule has 1 amide bonds. The number of rotatable bonds is 7. The van der Waals surface area contributed by atoms with E-state index in [1.165, 1.54) is 6.26 Å². The Bertz CT molecular complexity index is 325. The minimum Gasteiger partial charge on any atom is -0.447 e. The van der Waals surface area contributed by atoms with Crippen LogP contribution in [0.1, 0.15) is 22.8 Å². The molecule has 0 unspecified atom stereocenters. The van der Waals surface area contributed by atoms with Crippen molar-refractivity contribution < 1.29 is 13.9 Å². The fourth-order valence-electron chi connectivity index (χ4n) is 1.16. The average Bonchev–Trinajstić information content (AvgIpc) is 2.73. The number of ether oxygens (including phenoxy) is 1. The lowest BCUT2D eigenvalue weighted by molar-refractivity contribution is 0.0943. The first-order valence-corrected chi connectivity index (χ1v) is 5.14. The molecule has 0 atom stereocenters. The number of nitrogens with zero attached hydrogens (tertiary/aromatic N) is 1. The lowest BCUT2D eigenvalue weighted by Crippen LogP contribution is -2.25. The third-order valence-electron chi connectivity index (χ3n) is 1.92. The molecule has 0 fully saturated rings. The third-order valence-corrected chi connectivity index (χ3v) is 1.92. The SMILES string of the molecule is CNCc1nc(C(=O)NCCCOC)co1. The minimum atomic E-state index is -0.220. The van der Waals surface area contributed by atoms with Gasteiger partial charge in [-0.1, -0.05) is 0 Å². The highest BCUT2D eigenvalue weighted by atomic mass is 16.5. The zero-order chi connectivity index (χ0) is 11.8. The largest absolute Gasteiger partial charge is 0.447 e. The van der Waals surface area contributed by atoms with Gasteiger partial charge in [-0.15, -0.1) is 0 Å². The molecule has 16 heavy (non-hydrogen) atoms. The number of carbonyl (C=O) groups is 1. The van der Waals surface area contributed by atoms with Gasteiger partial charge in [0.2, 0.25) is 5.89 Å². The van der Waals surface area contributed by atoms with Crippen molar-refractivity contribution in [3.05, 3.63) is 17.8 Å². The van der Waals surface area contributed by atoms with Crippen LogP contribution in [0.15, 0.2) is 10.7 Å². The molecule has 6 heteroatoms. The molecule has 6 nitrogen and oxygen atoms in total. The first kappa shape index (κ1) is 12.7. The minimum absolute atomic E-state index is 0.220. The van der Waals surface area contributed by atoms with Crippen LogP contribution < -0.4 is 10.6 Å². The molecule has 1 rings (SSSR count). The van der Waals surface area contributed by atoms with E-state index >= 15 is 0 Å². The molecule has 2 N–H and O–H groups in total. The summed E-state index contributed by atoms with van der Waals surface area (Å²) in [5.74, 6) is 0.284. The molecule has 0 aliphatic rings. The van der Waals surface area contributed by atoms with Crippen molar-refractivity contribution in [3.63, 3.8) is 0 Å². The quantitative estimate of drug-likeness (QED) is 0.649. The zero-order valence-corrected chi connectivity index (χ0v) is 9.58. The van der Waals surface area contributed by atoms with Crippen LogP contribution in [-0.4, -0.2) is 38.2 Å². The molecule has 0 aliphatic carbocycles. The van der Waals surface area contributed by atoms with Gasteiger partial charge in [-0.3, -0.25) is 4.79 Å². The van der Waals surface area contributed by atoms with E-state index in [1.54, 1.807) is 14.2 Å². The molecule has 1 heterocycles. The first-order valence-electron chi connectivity index (χ1n) is 5.14. The normalized spacial score (nSPS) is 10.4. The Morgan fingerprint density at radius 1 is 1.62 bits per heavy atom. The van der Waals surface area contributed by atoms with E-state index in [0.717, 1.165) is 6.42 Å². The Morgan fingerprint density at radius 3 is 3.12 bits per heavy atom. The predicted molar refractivity (Wildman–Crippen MR) is 58.1 cm³/mol. The summed E-state index contributed by atoms with van der Waals surface area (Å²) < 4.78 is 9.97. The number of oxazole rings is 1. The summed E-state index contributed by atoms with van der Waals surface area (Å²) in [5.41, 5.74) is 0.308. The lowest BCUT2D eigenvalue weighted by Gasteiger charge is -2.01. The molecular formula is C10H17N3O3. The Kier molecular flexibility index (Phi) is 5.52. The Balaban J connectivity index is 2.34. The summed E-state index contributed by atoms with van der Waals surface area (Å²) >= 11 is 0. The summed E-state index contributed by atoms with van der Waals surface area (Å²) in [6.07, 6.45) is 2.14. The van der Waals surface area contributed by atoms with Crippen LogP contribution in [0.25, 0.3) is 0 Å². The van der Waals surface area contributed by atoms with E-state index in [4.69, 9.17) is 9.15 Å². The molecule has 90 valence electrons. The van der Waals surface area contributed by atoms with Gasteiger partial charge < -0.3 is 19.8 Å². The summed E-state index contributed by atoms with van der Waals surface area (Å²) in [5, 5.41) is 5.62. The second-order valence-electron chi connectivity index (χ2n) is 3.26. The summed E-state index contributed by atoms with van der Waals surface area (Å²) in [7, 11) is 3.41. The van der Waals surface area contributed by atoms with E-state index in [0.29, 0.717) is 31.3 Å². The fraction of sp³-hybridized carbons (Fsp3) is 0.600. The molecular weight excluding hydrogens is 210 g/mol. The number of hydrogen-bond acceptors (Lipinski definition) is 5. The number of nitrogens with one attached hydrogen (secondary N) is 2. The van der Waals surface area contributed by atoms with Crippen LogP contribution in [-0.2, 0) is 11.3 Å². The standard InChI is InChI=1S/C10H17N3O3/c1-11-6-9-13-8(7-16-9)10(14)12-4-3-5-15-2/h7,11H,3-6H2,1-2H3,(H,12,14). The van der Waals surface area contributed by atoms with Gasteiger partial charge in [-0.05, 0) is 13.5 Å². The fourth-order valence-corrected chi connectivity index (χ4v) is 1.16. The van der Waals surface area contributed by atoms with Gasteiger partial charge in [-0.25, -0.2) is 4.98 Å². The molecule has 0 spiro atoms. The van der Waals surface area contributed by atoms with Gasteiger partial charge in [0.1, 0.15) is 6.26 Å². The maximum atomic E-state index is 11.5. The smallest absolute Gasteiger partial charge is 0.273 e. The second kappa shape index (κ2) is 6.97. The van der Waals surface area contributed by atoms with Crippen molar-refractivity contribution in [1.29, 1.82) is 0 Å². The second-order valence-corrected chi connectivity index (χ2v) is 3.26. The number of aromatic nitrogens is 1. The summed E-state index contributed by atoms with van der Waals surface area (Å²) in [6.45, 7) is 1.71. The van der Waals surface area contributed by atoms with Crippen molar-refractivity contribution >= 4 is 5.91 Å². The predicted octanol–water partition coefficient (Wildman–Crippen LogP) is 0.160. The topological polar surface area (TPSA) is 76.4 Å². The van der Waals surface area contributed by atoms with Gasteiger partial charge in [0.15, 0.2) is 5.69 Å². The highest BCUT2D eigenvalue weighted by Gasteiger charge is 2.10. The first-order chi connectivity index (χ1) is 7.77. The van der Waals surface area contributed by atoms with Gasteiger partial charge in [0.25, 0.3) is 5.91 Å². The highest BCUT2D eigenvalue weighted by Crippen LogP contribution is 2.01. The number of carbonyl (C=O) groups excluding carboxylic acids is 1. The summed E-state index contributed by atoms with van der Waals surface area (Å²) in [4.78, 5) is 15.6. The average molecular weight is 227 g/mol. The van der Waals surface area contributed by atoms with E-state index in [1.807, 2.05) is 0 Å². The molecule has 1 aromatic rings. The van der Waals surface area contributed by atoms with E-state index < -0.39 is 0 Å². The van der Waals surface area contributed by atoms with Crippen molar-refractivity contribution in [2.24, 2.45) is 0 Å². The van der Waals surface area contributed by atoms with E-state index in [2.05, 4.69) is 15.6 Å². The van der Waals surface area contributed by atoms with Crippen molar-refractivity contribution in [2.45, 2.75) is 13.0 Å². The molecule has 0 aromatic carbocycles. The molecule has 0 bridgehead atoms. The van der Waals surface area contributed by atoms with Crippen LogP contribution in [0, 0.1) is 0 Å². The van der Waals surface area contributed by atoms with Gasteiger partial charge in [0.05, 0.1) is 6.54 Å².